The van der Waals surface area contributed by atoms with Crippen molar-refractivity contribution in [1.82, 2.24) is 20.4 Å². The lowest BCUT2D eigenvalue weighted by Crippen LogP contribution is -2.48. The Morgan fingerprint density at radius 3 is 2.31 bits per heavy atom. The van der Waals surface area contributed by atoms with Crippen LogP contribution in [-0.2, 0) is 4.79 Å². The van der Waals surface area contributed by atoms with Crippen molar-refractivity contribution in [2.75, 3.05) is 46.3 Å². The van der Waals surface area contributed by atoms with Crippen molar-refractivity contribution in [3.05, 3.63) is 0 Å². The third kappa shape index (κ3) is 7.31. The summed E-state index contributed by atoms with van der Waals surface area (Å²) < 4.78 is 0. The molecule has 2 N–H and O–H groups in total. The molecule has 0 spiro atoms. The zero-order valence-corrected chi connectivity index (χ0v) is 17.4. The van der Waals surface area contributed by atoms with Crippen LogP contribution in [0.15, 0.2) is 0 Å². The molecule has 2 rings (SSSR count). The number of nitrogens with zero attached hydrogens (tertiary/aromatic N) is 2. The number of halogens is 1. The number of hydrogen-bond donors (Lipinski definition) is 2. The third-order valence-electron chi connectivity index (χ3n) is 5.30. The summed E-state index contributed by atoms with van der Waals surface area (Å²) in [5.74, 6) is 1.61. The van der Waals surface area contributed by atoms with Gasteiger partial charge in [-0.05, 0) is 57.0 Å². The van der Waals surface area contributed by atoms with Gasteiger partial charge in [-0.1, -0.05) is 13.8 Å². The van der Waals surface area contributed by atoms with Crippen LogP contribution < -0.4 is 10.6 Å². The van der Waals surface area contributed by atoms with E-state index in [1.807, 2.05) is 16.8 Å². The van der Waals surface area contributed by atoms with E-state index in [9.17, 15) is 9.59 Å². The van der Waals surface area contributed by atoms with E-state index in [2.05, 4.69) is 24.5 Å². The number of hydrogen-bond acceptors (Lipinski definition) is 3. The Morgan fingerprint density at radius 1 is 1.04 bits per heavy atom. The first-order valence-corrected chi connectivity index (χ1v) is 9.94. The highest BCUT2D eigenvalue weighted by Gasteiger charge is 2.29. The van der Waals surface area contributed by atoms with Gasteiger partial charge in [0.1, 0.15) is 0 Å². The van der Waals surface area contributed by atoms with Crippen molar-refractivity contribution < 1.29 is 9.59 Å². The van der Waals surface area contributed by atoms with Gasteiger partial charge in [0.25, 0.3) is 0 Å². The Kier molecular flexibility index (Phi) is 10.3. The van der Waals surface area contributed by atoms with Crippen molar-refractivity contribution in [3.8, 4) is 0 Å². The Balaban J connectivity index is 0.00000338. The molecule has 0 aromatic rings. The molecule has 2 atom stereocenters. The van der Waals surface area contributed by atoms with Crippen molar-refractivity contribution in [2.45, 2.75) is 46.0 Å². The van der Waals surface area contributed by atoms with Gasteiger partial charge in [0.05, 0.1) is 0 Å². The normalized spacial score (nSPS) is 23.5. The highest BCUT2D eigenvalue weighted by atomic mass is 35.5. The van der Waals surface area contributed by atoms with Crippen LogP contribution in [-0.4, -0.2) is 68.1 Å². The van der Waals surface area contributed by atoms with Crippen molar-refractivity contribution in [3.63, 3.8) is 0 Å². The lowest BCUT2D eigenvalue weighted by atomic mass is 9.92. The Morgan fingerprint density at radius 2 is 1.65 bits per heavy atom. The minimum Gasteiger partial charge on any atom is -0.342 e. The SMILES string of the molecule is CNCC1CCCN(C(=O)CC2CCCN(C(=O)NCC(C)C)C2)C1.Cl. The monoisotopic (exact) mass is 388 g/mol. The van der Waals surface area contributed by atoms with Gasteiger partial charge in [-0.15, -0.1) is 12.4 Å². The van der Waals surface area contributed by atoms with Gasteiger partial charge in [-0.2, -0.15) is 0 Å². The van der Waals surface area contributed by atoms with Crippen LogP contribution in [0.25, 0.3) is 0 Å². The molecule has 2 heterocycles. The van der Waals surface area contributed by atoms with Crippen LogP contribution >= 0.6 is 12.4 Å². The van der Waals surface area contributed by atoms with Gasteiger partial charge in [-0.25, -0.2) is 4.79 Å². The quantitative estimate of drug-likeness (QED) is 0.734. The molecule has 2 fully saturated rings. The van der Waals surface area contributed by atoms with Crippen LogP contribution in [0.3, 0.4) is 0 Å². The number of likely N-dealkylation sites (tertiary alicyclic amines) is 2. The lowest BCUT2D eigenvalue weighted by molar-refractivity contribution is -0.134. The molecule has 0 radical (unpaired) electrons. The summed E-state index contributed by atoms with van der Waals surface area (Å²) in [5.41, 5.74) is 0. The second-order valence-corrected chi connectivity index (χ2v) is 8.14. The summed E-state index contributed by atoms with van der Waals surface area (Å²) in [4.78, 5) is 28.9. The van der Waals surface area contributed by atoms with Gasteiger partial charge in [0, 0.05) is 39.1 Å². The molecule has 152 valence electrons. The van der Waals surface area contributed by atoms with E-state index in [0.29, 0.717) is 37.3 Å². The molecule has 0 aromatic heterocycles. The molecule has 2 unspecified atom stereocenters. The summed E-state index contributed by atoms with van der Waals surface area (Å²) >= 11 is 0. The minimum atomic E-state index is 0. The highest BCUT2D eigenvalue weighted by molar-refractivity contribution is 5.85. The summed E-state index contributed by atoms with van der Waals surface area (Å²) in [6.07, 6.45) is 4.94. The first-order valence-electron chi connectivity index (χ1n) is 9.94. The minimum absolute atomic E-state index is 0. The average Bonchev–Trinajstić information content (AvgIpc) is 2.60. The van der Waals surface area contributed by atoms with E-state index >= 15 is 0 Å². The van der Waals surface area contributed by atoms with Gasteiger partial charge in [-0.3, -0.25) is 4.79 Å². The maximum atomic E-state index is 12.7. The van der Waals surface area contributed by atoms with E-state index in [4.69, 9.17) is 0 Å². The molecule has 0 saturated carbocycles. The number of urea groups is 1. The van der Waals surface area contributed by atoms with Crippen LogP contribution in [0.4, 0.5) is 4.79 Å². The highest BCUT2D eigenvalue weighted by Crippen LogP contribution is 2.23. The van der Waals surface area contributed by atoms with Gasteiger partial charge in [0.2, 0.25) is 5.91 Å². The summed E-state index contributed by atoms with van der Waals surface area (Å²) in [6.45, 7) is 9.17. The maximum absolute atomic E-state index is 12.7. The van der Waals surface area contributed by atoms with Crippen LogP contribution in [0, 0.1) is 17.8 Å². The van der Waals surface area contributed by atoms with Gasteiger partial charge >= 0.3 is 6.03 Å². The van der Waals surface area contributed by atoms with Gasteiger partial charge in [0.15, 0.2) is 0 Å². The molecule has 0 bridgehead atoms. The maximum Gasteiger partial charge on any atom is 0.317 e. The topological polar surface area (TPSA) is 64.7 Å². The fourth-order valence-electron chi connectivity index (χ4n) is 3.94. The van der Waals surface area contributed by atoms with E-state index in [0.717, 1.165) is 45.4 Å². The zero-order chi connectivity index (χ0) is 18.2. The first kappa shape index (κ1) is 23.0. The summed E-state index contributed by atoms with van der Waals surface area (Å²) in [5, 5.41) is 6.22. The van der Waals surface area contributed by atoms with Crippen LogP contribution in [0.1, 0.15) is 46.0 Å². The molecule has 3 amide bonds. The lowest BCUT2D eigenvalue weighted by Gasteiger charge is -2.36. The predicted octanol–water partition coefficient (Wildman–Crippen LogP) is 2.33. The predicted molar refractivity (Wildman–Crippen MR) is 108 cm³/mol. The molecule has 2 aliphatic rings. The van der Waals surface area contributed by atoms with Crippen molar-refractivity contribution in [2.24, 2.45) is 17.8 Å². The number of nitrogens with one attached hydrogen (secondary N) is 2. The molecule has 7 heteroatoms. The Labute approximate surface area is 164 Å². The van der Waals surface area contributed by atoms with Crippen LogP contribution in [0.5, 0.6) is 0 Å². The molecule has 6 nitrogen and oxygen atoms in total. The largest absolute Gasteiger partial charge is 0.342 e. The first-order chi connectivity index (χ1) is 12.0. The van der Waals surface area contributed by atoms with E-state index in [1.54, 1.807) is 0 Å². The smallest absolute Gasteiger partial charge is 0.317 e. The molecular weight excluding hydrogens is 352 g/mol. The molecule has 0 aromatic carbocycles. The Bertz CT molecular complexity index is 445. The molecule has 2 aliphatic heterocycles. The van der Waals surface area contributed by atoms with Crippen molar-refractivity contribution >= 4 is 24.3 Å². The van der Waals surface area contributed by atoms with Crippen LogP contribution in [0.2, 0.25) is 0 Å². The zero-order valence-electron chi connectivity index (χ0n) is 16.6. The molecular formula is C19H37ClN4O2. The third-order valence-corrected chi connectivity index (χ3v) is 5.30. The summed E-state index contributed by atoms with van der Waals surface area (Å²) in [7, 11) is 1.97. The number of piperidine rings is 2. The number of rotatable bonds is 6. The standard InChI is InChI=1S/C19H36N4O2.ClH/c1-15(2)11-21-19(25)23-9-4-6-16(13-23)10-18(24)22-8-5-7-17(14-22)12-20-3;/h15-17,20H,4-14H2,1-3H3,(H,21,25);1H. The fraction of sp³-hybridized carbons (Fsp3) is 0.895. The second kappa shape index (κ2) is 11.7. The number of carbonyl (C=O) groups is 2. The fourth-order valence-corrected chi connectivity index (χ4v) is 3.94. The van der Waals surface area contributed by atoms with E-state index < -0.39 is 0 Å². The van der Waals surface area contributed by atoms with Gasteiger partial charge < -0.3 is 20.4 Å². The average molecular weight is 389 g/mol. The second-order valence-electron chi connectivity index (χ2n) is 8.14. The van der Waals surface area contributed by atoms with E-state index in [1.165, 1.54) is 6.42 Å². The number of amides is 3. The van der Waals surface area contributed by atoms with Crippen molar-refractivity contribution in [1.29, 1.82) is 0 Å². The Hall–Kier alpha value is -1.01. The summed E-state index contributed by atoms with van der Waals surface area (Å²) in [6, 6.07) is 0.0258. The molecule has 2 saturated heterocycles. The molecule has 0 aliphatic carbocycles. The number of carbonyl (C=O) groups excluding carboxylic acids is 2. The van der Waals surface area contributed by atoms with E-state index in [-0.39, 0.29) is 24.3 Å². The molecule has 26 heavy (non-hydrogen) atoms.